The number of nitrogens with zero attached hydrogens (tertiary/aromatic N) is 3. The van der Waals surface area contributed by atoms with Gasteiger partial charge in [0.1, 0.15) is 10.8 Å². The normalized spacial score (nSPS) is 14.7. The van der Waals surface area contributed by atoms with Crippen LogP contribution in [0.2, 0.25) is 10.0 Å². The summed E-state index contributed by atoms with van der Waals surface area (Å²) in [5, 5.41) is 4.15. The number of thiazole rings is 1. The summed E-state index contributed by atoms with van der Waals surface area (Å²) in [7, 11) is 1.81. The van der Waals surface area contributed by atoms with Gasteiger partial charge in [0, 0.05) is 37.0 Å². The molecule has 1 aromatic heterocycles. The van der Waals surface area contributed by atoms with Gasteiger partial charge in [-0.2, -0.15) is 0 Å². The van der Waals surface area contributed by atoms with Crippen LogP contribution in [0.1, 0.15) is 23.5 Å². The summed E-state index contributed by atoms with van der Waals surface area (Å²) in [5.74, 6) is 0.644. The fraction of sp³-hybridized carbons (Fsp3) is 0.500. The molecule has 0 unspecified atom stereocenters. The molecule has 1 aromatic carbocycles. The Labute approximate surface area is 185 Å². The van der Waals surface area contributed by atoms with E-state index in [0.29, 0.717) is 41.8 Å². The molecule has 1 amide bonds. The number of aromatic nitrogens is 1. The van der Waals surface area contributed by atoms with Crippen LogP contribution in [0.5, 0.6) is 5.75 Å². The number of hydrogen-bond acceptors (Lipinski definition) is 6. The number of halogens is 2. The second kappa shape index (κ2) is 11.1. The van der Waals surface area contributed by atoms with E-state index in [1.165, 1.54) is 0 Å². The first-order valence-corrected chi connectivity index (χ1v) is 11.2. The molecule has 3 rings (SSSR count). The van der Waals surface area contributed by atoms with Gasteiger partial charge < -0.3 is 14.4 Å². The van der Waals surface area contributed by atoms with Crippen LogP contribution in [0.4, 0.5) is 0 Å². The van der Waals surface area contributed by atoms with Crippen LogP contribution in [0.15, 0.2) is 23.6 Å². The van der Waals surface area contributed by atoms with Crippen molar-refractivity contribution in [3.05, 3.63) is 44.3 Å². The lowest BCUT2D eigenvalue weighted by molar-refractivity contribution is -0.130. The van der Waals surface area contributed by atoms with E-state index in [9.17, 15) is 4.79 Å². The van der Waals surface area contributed by atoms with Gasteiger partial charge >= 0.3 is 0 Å². The van der Waals surface area contributed by atoms with Crippen molar-refractivity contribution < 1.29 is 14.3 Å². The van der Waals surface area contributed by atoms with Gasteiger partial charge in [0.2, 0.25) is 5.91 Å². The molecule has 2 aromatic rings. The average Bonchev–Trinajstić information content (AvgIpc) is 3.13. The van der Waals surface area contributed by atoms with Crippen molar-refractivity contribution in [1.82, 2.24) is 14.8 Å². The predicted octanol–water partition coefficient (Wildman–Crippen LogP) is 4.10. The first-order valence-electron chi connectivity index (χ1n) is 9.56. The maximum atomic E-state index is 12.4. The number of hydrogen-bond donors (Lipinski definition) is 0. The van der Waals surface area contributed by atoms with Gasteiger partial charge in [0.25, 0.3) is 0 Å². The molecule has 6 nitrogen and oxygen atoms in total. The molecule has 1 fully saturated rings. The summed E-state index contributed by atoms with van der Waals surface area (Å²) in [6, 6.07) is 5.09. The quantitative estimate of drug-likeness (QED) is 0.530. The highest BCUT2D eigenvalue weighted by molar-refractivity contribution is 7.09. The SMILES string of the molecule is CN(Cc1csc(CN2CCOCC2)n1)C(=O)CCCOc1ccc(Cl)cc1Cl. The monoisotopic (exact) mass is 457 g/mol. The zero-order valence-corrected chi connectivity index (χ0v) is 18.7. The highest BCUT2D eigenvalue weighted by Crippen LogP contribution is 2.27. The zero-order valence-electron chi connectivity index (χ0n) is 16.4. The van der Waals surface area contributed by atoms with Crippen molar-refractivity contribution in [2.75, 3.05) is 40.0 Å². The molecule has 158 valence electrons. The molecule has 1 aliphatic heterocycles. The molecule has 0 spiro atoms. The number of benzene rings is 1. The lowest BCUT2D eigenvalue weighted by atomic mass is 10.3. The van der Waals surface area contributed by atoms with Crippen LogP contribution in [0, 0.1) is 0 Å². The molecule has 0 atom stereocenters. The molecule has 0 bridgehead atoms. The molecule has 1 aliphatic rings. The second-order valence-corrected chi connectivity index (χ2v) is 8.68. The predicted molar refractivity (Wildman–Crippen MR) is 116 cm³/mol. The zero-order chi connectivity index (χ0) is 20.6. The summed E-state index contributed by atoms with van der Waals surface area (Å²) in [5.41, 5.74) is 0.929. The number of rotatable bonds is 9. The van der Waals surface area contributed by atoms with Gasteiger partial charge in [0.15, 0.2) is 0 Å². The number of ether oxygens (including phenoxy) is 2. The van der Waals surface area contributed by atoms with Gasteiger partial charge in [-0.05, 0) is 24.6 Å². The van der Waals surface area contributed by atoms with Crippen LogP contribution in [-0.2, 0) is 22.6 Å². The minimum Gasteiger partial charge on any atom is -0.492 e. The Balaban J connectivity index is 1.37. The average molecular weight is 458 g/mol. The molecule has 9 heteroatoms. The van der Waals surface area contributed by atoms with E-state index in [1.807, 2.05) is 5.38 Å². The van der Waals surface area contributed by atoms with E-state index in [-0.39, 0.29) is 5.91 Å². The Bertz CT molecular complexity index is 812. The Morgan fingerprint density at radius 3 is 2.90 bits per heavy atom. The molecule has 2 heterocycles. The van der Waals surface area contributed by atoms with Gasteiger partial charge in [-0.1, -0.05) is 23.2 Å². The van der Waals surface area contributed by atoms with Crippen LogP contribution in [-0.4, -0.2) is 60.6 Å². The van der Waals surface area contributed by atoms with Gasteiger partial charge in [-0.3, -0.25) is 9.69 Å². The van der Waals surface area contributed by atoms with Gasteiger partial charge in [0.05, 0.1) is 43.6 Å². The van der Waals surface area contributed by atoms with E-state index >= 15 is 0 Å². The number of amides is 1. The first-order chi connectivity index (χ1) is 14.0. The number of carbonyl (C=O) groups is 1. The molecule has 0 radical (unpaired) electrons. The van der Waals surface area contributed by atoms with Crippen molar-refractivity contribution in [3.63, 3.8) is 0 Å². The molecular formula is C20H25Cl2N3O3S. The van der Waals surface area contributed by atoms with E-state index < -0.39 is 0 Å². The van der Waals surface area contributed by atoms with Crippen molar-refractivity contribution >= 4 is 40.4 Å². The molecular weight excluding hydrogens is 433 g/mol. The Kier molecular flexibility index (Phi) is 8.56. The third-order valence-corrected chi connectivity index (χ3v) is 5.99. The van der Waals surface area contributed by atoms with Crippen molar-refractivity contribution in [2.45, 2.75) is 25.9 Å². The van der Waals surface area contributed by atoms with E-state index in [1.54, 1.807) is 41.5 Å². The molecule has 29 heavy (non-hydrogen) atoms. The minimum absolute atomic E-state index is 0.0681. The van der Waals surface area contributed by atoms with E-state index in [0.717, 1.165) is 43.5 Å². The standard InChI is InChI=1S/C20H25Cl2N3O3S/c1-24(12-16-14-29-19(23-16)13-25-6-9-27-10-7-25)20(26)3-2-8-28-18-5-4-15(21)11-17(18)22/h4-5,11,14H,2-3,6-10,12-13H2,1H3. The van der Waals surface area contributed by atoms with Crippen LogP contribution < -0.4 is 4.74 Å². The highest BCUT2D eigenvalue weighted by Gasteiger charge is 2.15. The summed E-state index contributed by atoms with van der Waals surface area (Å²) in [4.78, 5) is 21.1. The Morgan fingerprint density at radius 2 is 2.14 bits per heavy atom. The molecule has 1 saturated heterocycles. The van der Waals surface area contributed by atoms with Crippen molar-refractivity contribution in [3.8, 4) is 5.75 Å². The lowest BCUT2D eigenvalue weighted by Crippen LogP contribution is -2.35. The van der Waals surface area contributed by atoms with Crippen LogP contribution >= 0.6 is 34.5 Å². The molecule has 0 N–H and O–H groups in total. The van der Waals surface area contributed by atoms with Gasteiger partial charge in [-0.15, -0.1) is 11.3 Å². The largest absolute Gasteiger partial charge is 0.492 e. The third kappa shape index (κ3) is 7.12. The lowest BCUT2D eigenvalue weighted by Gasteiger charge is -2.25. The third-order valence-electron chi connectivity index (χ3n) is 4.57. The summed E-state index contributed by atoms with van der Waals surface area (Å²) in [6.07, 6.45) is 1.02. The first kappa shape index (κ1) is 22.3. The summed E-state index contributed by atoms with van der Waals surface area (Å²) < 4.78 is 11.0. The van der Waals surface area contributed by atoms with Crippen molar-refractivity contribution in [1.29, 1.82) is 0 Å². The summed E-state index contributed by atoms with van der Waals surface area (Å²) >= 11 is 13.6. The Morgan fingerprint density at radius 1 is 1.34 bits per heavy atom. The summed E-state index contributed by atoms with van der Waals surface area (Å²) in [6.45, 7) is 5.22. The topological polar surface area (TPSA) is 54.9 Å². The molecule has 0 aliphatic carbocycles. The highest BCUT2D eigenvalue weighted by atomic mass is 35.5. The maximum absolute atomic E-state index is 12.4. The van der Waals surface area contributed by atoms with Gasteiger partial charge in [-0.25, -0.2) is 4.98 Å². The Hall–Kier alpha value is -1.38. The van der Waals surface area contributed by atoms with Crippen LogP contribution in [0.25, 0.3) is 0 Å². The van der Waals surface area contributed by atoms with E-state index in [4.69, 9.17) is 32.7 Å². The van der Waals surface area contributed by atoms with Crippen molar-refractivity contribution in [2.24, 2.45) is 0 Å². The molecule has 0 saturated carbocycles. The maximum Gasteiger partial charge on any atom is 0.222 e. The fourth-order valence-corrected chi connectivity index (χ4v) is 4.25. The second-order valence-electron chi connectivity index (χ2n) is 6.90. The minimum atomic E-state index is 0.0681. The number of carbonyl (C=O) groups excluding carboxylic acids is 1. The van der Waals surface area contributed by atoms with E-state index in [2.05, 4.69) is 9.88 Å². The fourth-order valence-electron chi connectivity index (χ4n) is 2.96. The number of morpholine rings is 1. The smallest absolute Gasteiger partial charge is 0.222 e. The van der Waals surface area contributed by atoms with Crippen LogP contribution in [0.3, 0.4) is 0 Å².